The van der Waals surface area contributed by atoms with Crippen LogP contribution >= 0.6 is 0 Å². The van der Waals surface area contributed by atoms with Crippen LogP contribution < -0.4 is 5.32 Å². The van der Waals surface area contributed by atoms with E-state index in [1.54, 1.807) is 6.92 Å². The predicted octanol–water partition coefficient (Wildman–Crippen LogP) is 1.61. The van der Waals surface area contributed by atoms with E-state index in [1.165, 1.54) is 6.07 Å². The minimum Gasteiger partial charge on any atom is -0.387 e. The van der Waals surface area contributed by atoms with Crippen LogP contribution in [0.5, 0.6) is 0 Å². The molecule has 0 aromatic heterocycles. The van der Waals surface area contributed by atoms with Gasteiger partial charge in [-0.05, 0) is 19.1 Å². The molecule has 0 amide bonds. The van der Waals surface area contributed by atoms with Crippen molar-refractivity contribution in [1.29, 1.82) is 0 Å². The van der Waals surface area contributed by atoms with Gasteiger partial charge >= 0.3 is 0 Å². The highest BCUT2D eigenvalue weighted by Crippen LogP contribution is 2.19. The molecule has 0 fully saturated rings. The quantitative estimate of drug-likeness (QED) is 0.763. The zero-order valence-electron chi connectivity index (χ0n) is 8.87. The lowest BCUT2D eigenvalue weighted by atomic mass is 10.1. The minimum absolute atomic E-state index is 0.00319. The first-order valence-electron chi connectivity index (χ1n) is 4.87. The lowest BCUT2D eigenvalue weighted by molar-refractivity contribution is 0.163. The summed E-state index contributed by atoms with van der Waals surface area (Å²) in [4.78, 5) is 0. The van der Waals surface area contributed by atoms with Gasteiger partial charge < -0.3 is 10.4 Å². The molecule has 2 unspecified atom stereocenters. The first kappa shape index (κ1) is 12.6. The molecule has 1 rings (SSSR count). The van der Waals surface area contributed by atoms with E-state index in [-0.39, 0.29) is 18.2 Å². The van der Waals surface area contributed by atoms with Crippen LogP contribution in [0.15, 0.2) is 18.2 Å². The maximum atomic E-state index is 13.2. The fourth-order valence-electron chi connectivity index (χ4n) is 1.28. The van der Waals surface area contributed by atoms with E-state index in [2.05, 4.69) is 11.2 Å². The van der Waals surface area contributed by atoms with Gasteiger partial charge in [0.2, 0.25) is 0 Å². The molecule has 1 aromatic rings. The Hall–Kier alpha value is -1.44. The van der Waals surface area contributed by atoms with Crippen LogP contribution in [0.2, 0.25) is 0 Å². The van der Waals surface area contributed by atoms with Crippen LogP contribution in [-0.4, -0.2) is 17.7 Å². The fraction of sp³-hybridized carbons (Fsp3) is 0.333. The lowest BCUT2D eigenvalue weighted by Gasteiger charge is -2.15. The summed E-state index contributed by atoms with van der Waals surface area (Å²) in [6.07, 6.45) is 3.86. The summed E-state index contributed by atoms with van der Waals surface area (Å²) in [5, 5.41) is 12.4. The smallest absolute Gasteiger partial charge is 0.131 e. The monoisotopic (exact) mass is 225 g/mol. The Labute approximate surface area is 93.3 Å². The summed E-state index contributed by atoms with van der Waals surface area (Å²) in [6, 6.07) is 3.20. The van der Waals surface area contributed by atoms with E-state index >= 15 is 0 Å². The van der Waals surface area contributed by atoms with Crippen LogP contribution in [0, 0.1) is 24.0 Å². The molecule has 0 heterocycles. The van der Waals surface area contributed by atoms with Gasteiger partial charge in [0.05, 0.1) is 17.7 Å². The number of nitrogens with one attached hydrogen (secondary N) is 1. The zero-order chi connectivity index (χ0) is 12.1. The van der Waals surface area contributed by atoms with Crippen molar-refractivity contribution in [2.24, 2.45) is 0 Å². The van der Waals surface area contributed by atoms with Crippen LogP contribution in [-0.2, 0) is 0 Å². The SMILES string of the molecule is C#CC(C)NCC(O)c1c(F)cccc1F. The highest BCUT2D eigenvalue weighted by atomic mass is 19.1. The number of hydrogen-bond acceptors (Lipinski definition) is 2. The fourth-order valence-corrected chi connectivity index (χ4v) is 1.28. The molecule has 2 nitrogen and oxygen atoms in total. The number of aliphatic hydroxyl groups excluding tert-OH is 1. The maximum absolute atomic E-state index is 13.2. The highest BCUT2D eigenvalue weighted by molar-refractivity contribution is 5.22. The first-order chi connectivity index (χ1) is 7.56. The number of halogens is 2. The van der Waals surface area contributed by atoms with Crippen molar-refractivity contribution in [3.8, 4) is 12.3 Å². The summed E-state index contributed by atoms with van der Waals surface area (Å²) < 4.78 is 26.5. The summed E-state index contributed by atoms with van der Waals surface area (Å²) >= 11 is 0. The van der Waals surface area contributed by atoms with Gasteiger partial charge in [0.1, 0.15) is 11.6 Å². The Kier molecular flexibility index (Phi) is 4.41. The average molecular weight is 225 g/mol. The van der Waals surface area contributed by atoms with Gasteiger partial charge in [0.25, 0.3) is 0 Å². The van der Waals surface area contributed by atoms with Gasteiger partial charge in [-0.25, -0.2) is 8.78 Å². The molecule has 0 radical (unpaired) electrons. The second-order valence-corrected chi connectivity index (χ2v) is 3.45. The van der Waals surface area contributed by atoms with Crippen molar-refractivity contribution in [3.05, 3.63) is 35.4 Å². The summed E-state index contributed by atoms with van der Waals surface area (Å²) in [5.41, 5.74) is -0.334. The summed E-state index contributed by atoms with van der Waals surface area (Å²) in [7, 11) is 0. The van der Waals surface area contributed by atoms with Gasteiger partial charge in [-0.2, -0.15) is 0 Å². The largest absolute Gasteiger partial charge is 0.387 e. The van der Waals surface area contributed by atoms with Crippen molar-refractivity contribution in [2.75, 3.05) is 6.54 Å². The third-order valence-electron chi connectivity index (χ3n) is 2.20. The van der Waals surface area contributed by atoms with Gasteiger partial charge in [0, 0.05) is 6.54 Å². The lowest BCUT2D eigenvalue weighted by Crippen LogP contribution is -2.29. The molecule has 4 heteroatoms. The van der Waals surface area contributed by atoms with E-state index in [9.17, 15) is 13.9 Å². The Morgan fingerprint density at radius 3 is 2.50 bits per heavy atom. The predicted molar refractivity (Wildman–Crippen MR) is 57.6 cm³/mol. The molecule has 16 heavy (non-hydrogen) atoms. The van der Waals surface area contributed by atoms with E-state index in [4.69, 9.17) is 6.42 Å². The van der Waals surface area contributed by atoms with Crippen molar-refractivity contribution < 1.29 is 13.9 Å². The number of benzene rings is 1. The maximum Gasteiger partial charge on any atom is 0.131 e. The number of aliphatic hydroxyl groups is 1. The van der Waals surface area contributed by atoms with Crippen molar-refractivity contribution in [3.63, 3.8) is 0 Å². The molecule has 86 valence electrons. The molecule has 2 atom stereocenters. The topological polar surface area (TPSA) is 32.3 Å². The molecule has 0 saturated carbocycles. The van der Waals surface area contributed by atoms with E-state index < -0.39 is 17.7 Å². The highest BCUT2D eigenvalue weighted by Gasteiger charge is 2.17. The van der Waals surface area contributed by atoms with Crippen molar-refractivity contribution in [2.45, 2.75) is 19.1 Å². The molecule has 2 N–H and O–H groups in total. The zero-order valence-corrected chi connectivity index (χ0v) is 8.87. The summed E-state index contributed by atoms with van der Waals surface area (Å²) in [5.74, 6) is 0.868. The molecular formula is C12H13F2NO. The average Bonchev–Trinajstić information content (AvgIpc) is 2.25. The van der Waals surface area contributed by atoms with Gasteiger partial charge in [-0.15, -0.1) is 6.42 Å². The van der Waals surface area contributed by atoms with Crippen LogP contribution in [0.3, 0.4) is 0 Å². The van der Waals surface area contributed by atoms with E-state index in [1.807, 2.05) is 0 Å². The van der Waals surface area contributed by atoms with Gasteiger partial charge in [-0.3, -0.25) is 0 Å². The van der Waals surface area contributed by atoms with E-state index in [0.29, 0.717) is 0 Å². The standard InChI is InChI=1S/C12H13F2NO/c1-3-8(2)15-7-11(16)12-9(13)5-4-6-10(12)14/h1,4-6,8,11,15-16H,7H2,2H3. The second-order valence-electron chi connectivity index (χ2n) is 3.45. The molecule has 0 aliphatic rings. The Morgan fingerprint density at radius 1 is 1.44 bits per heavy atom. The number of hydrogen-bond donors (Lipinski definition) is 2. The van der Waals surface area contributed by atoms with E-state index in [0.717, 1.165) is 12.1 Å². The Balaban J connectivity index is 2.74. The first-order valence-corrected chi connectivity index (χ1v) is 4.87. The Bertz CT molecular complexity index is 380. The van der Waals surface area contributed by atoms with Gasteiger partial charge in [0.15, 0.2) is 0 Å². The molecular weight excluding hydrogens is 212 g/mol. The normalized spacial score (nSPS) is 14.2. The van der Waals surface area contributed by atoms with Crippen LogP contribution in [0.4, 0.5) is 8.78 Å². The minimum atomic E-state index is -1.25. The molecule has 0 aliphatic heterocycles. The number of rotatable bonds is 4. The summed E-state index contributed by atoms with van der Waals surface area (Å²) in [6.45, 7) is 1.72. The van der Waals surface area contributed by atoms with Crippen molar-refractivity contribution >= 4 is 0 Å². The van der Waals surface area contributed by atoms with Crippen LogP contribution in [0.1, 0.15) is 18.6 Å². The molecule has 0 spiro atoms. The number of terminal acetylenes is 1. The third kappa shape index (κ3) is 3.02. The third-order valence-corrected chi connectivity index (χ3v) is 2.20. The molecule has 0 saturated heterocycles. The molecule has 0 aliphatic carbocycles. The molecule has 0 bridgehead atoms. The second kappa shape index (κ2) is 5.59. The van der Waals surface area contributed by atoms with Crippen molar-refractivity contribution in [1.82, 2.24) is 5.32 Å². The molecule has 1 aromatic carbocycles. The van der Waals surface area contributed by atoms with Crippen LogP contribution in [0.25, 0.3) is 0 Å². The Morgan fingerprint density at radius 2 is 2.00 bits per heavy atom. The van der Waals surface area contributed by atoms with Gasteiger partial charge in [-0.1, -0.05) is 12.0 Å².